The number of anilines is 1. The van der Waals surface area contributed by atoms with Gasteiger partial charge in [0.2, 0.25) is 5.91 Å². The van der Waals surface area contributed by atoms with E-state index in [0.717, 1.165) is 48.9 Å². The minimum atomic E-state index is -1.02. The van der Waals surface area contributed by atoms with E-state index < -0.39 is 11.6 Å². The summed E-state index contributed by atoms with van der Waals surface area (Å²) in [5.41, 5.74) is 6.92. The van der Waals surface area contributed by atoms with Gasteiger partial charge in [-0.05, 0) is 115 Å². The molecule has 3 aromatic carbocycles. The number of rotatable bonds is 9. The summed E-state index contributed by atoms with van der Waals surface area (Å²) in [5, 5.41) is 21.4. The van der Waals surface area contributed by atoms with Gasteiger partial charge in [0, 0.05) is 43.6 Å². The van der Waals surface area contributed by atoms with Gasteiger partial charge in [0.1, 0.15) is 5.60 Å². The summed E-state index contributed by atoms with van der Waals surface area (Å²) < 4.78 is 0. The highest BCUT2D eigenvalue weighted by atomic mass is 16.4. The molecule has 7 nitrogen and oxygen atoms in total. The Balaban J connectivity index is 1.15. The summed E-state index contributed by atoms with van der Waals surface area (Å²) in [6.45, 7) is 5.04. The number of carboxylic acid groups (broad SMARTS) is 1. The number of hydrogen-bond acceptors (Lipinski definition) is 5. The van der Waals surface area contributed by atoms with Crippen LogP contribution in [0.2, 0.25) is 0 Å². The number of hydrogen-bond donors (Lipinski definition) is 2. The number of carboxylic acids is 1. The smallest absolute Gasteiger partial charge is 0.335 e. The molecule has 4 aliphatic carbocycles. The van der Waals surface area contributed by atoms with Gasteiger partial charge in [-0.3, -0.25) is 9.59 Å². The number of ketones is 1. The van der Waals surface area contributed by atoms with Crippen molar-refractivity contribution in [1.29, 1.82) is 0 Å². The standard InChI is InChI=1S/C45H48N2O5/c1-4-23-45(52)24-22-40-38-20-16-34-25-36(48)19-21-37(34)42(38)39(26-44(40,45)2)32-14-17-35(18-15-32)46(3)29-41(49)47(27-30-8-6-5-7-9-30)28-31-10-12-33(13-11-31)43(50)51/h5-15,17-18,25,38-40,52H,16,19-22,24,26-29H2,1-3H3,(H,50,51)/t38-,39+,40-,44-,45-/m0/s1. The minimum absolute atomic E-state index is 0.0373. The van der Waals surface area contributed by atoms with Crippen LogP contribution in [0.25, 0.3) is 0 Å². The minimum Gasteiger partial charge on any atom is -0.478 e. The van der Waals surface area contributed by atoms with E-state index in [1.54, 1.807) is 24.3 Å². The summed E-state index contributed by atoms with van der Waals surface area (Å²) in [7, 11) is 1.93. The predicted molar refractivity (Wildman–Crippen MR) is 202 cm³/mol. The normalized spacial score (nSPS) is 26.3. The summed E-state index contributed by atoms with van der Waals surface area (Å²) in [6.07, 6.45) is 7.60. The zero-order valence-corrected chi connectivity index (χ0v) is 30.4. The number of aromatic carboxylic acids is 1. The fourth-order valence-electron chi connectivity index (χ4n) is 9.74. The van der Waals surface area contributed by atoms with Gasteiger partial charge in [0.25, 0.3) is 0 Å². The Morgan fingerprint density at radius 2 is 1.60 bits per heavy atom. The molecule has 0 radical (unpaired) electrons. The van der Waals surface area contributed by atoms with E-state index in [2.05, 4.69) is 43.0 Å². The first kappa shape index (κ1) is 35.5. The highest BCUT2D eigenvalue weighted by Crippen LogP contribution is 2.66. The van der Waals surface area contributed by atoms with Crippen molar-refractivity contribution in [3.63, 3.8) is 0 Å². The number of fused-ring (bicyclic) bond motifs is 4. The number of likely N-dealkylation sites (N-methyl/N-ethyl adjacent to an activating group) is 1. The van der Waals surface area contributed by atoms with Gasteiger partial charge < -0.3 is 20.0 Å². The SMILES string of the molecule is CC#C[C@]1(O)CC[C@H]2[C@@H]3CCC4=CC(=O)CCC4=C3[C@@H](c3ccc(N(C)CC(=O)N(Cc4ccccc4)Cc4ccc(C(=O)O)cc4)cc3)C[C@@]21C. The third-order valence-electron chi connectivity index (χ3n) is 12.5. The second-order valence-electron chi connectivity index (χ2n) is 15.5. The van der Waals surface area contributed by atoms with Gasteiger partial charge in [-0.25, -0.2) is 4.79 Å². The van der Waals surface area contributed by atoms with Crippen LogP contribution in [0.4, 0.5) is 5.69 Å². The molecule has 0 saturated heterocycles. The van der Waals surface area contributed by atoms with Crippen molar-refractivity contribution in [2.45, 2.75) is 83.4 Å². The number of carbonyl (C=O) groups is 3. The van der Waals surface area contributed by atoms with Gasteiger partial charge >= 0.3 is 5.97 Å². The lowest BCUT2D eigenvalue weighted by Gasteiger charge is -2.53. The van der Waals surface area contributed by atoms with Crippen molar-refractivity contribution >= 4 is 23.3 Å². The van der Waals surface area contributed by atoms with Crippen molar-refractivity contribution in [3.8, 4) is 11.8 Å². The van der Waals surface area contributed by atoms with E-state index in [9.17, 15) is 24.6 Å². The van der Waals surface area contributed by atoms with Crippen molar-refractivity contribution in [2.24, 2.45) is 17.3 Å². The van der Waals surface area contributed by atoms with Crippen molar-refractivity contribution in [1.82, 2.24) is 4.90 Å². The largest absolute Gasteiger partial charge is 0.478 e. The molecule has 0 spiro atoms. The van der Waals surface area contributed by atoms with Gasteiger partial charge in [-0.2, -0.15) is 0 Å². The molecule has 3 aromatic rings. The van der Waals surface area contributed by atoms with Crippen LogP contribution in [0.3, 0.4) is 0 Å². The number of nitrogens with zero attached hydrogens (tertiary/aromatic N) is 2. The molecule has 0 aromatic heterocycles. The fraction of sp³-hybridized carbons (Fsp3) is 0.400. The molecule has 268 valence electrons. The molecule has 0 heterocycles. The highest BCUT2D eigenvalue weighted by molar-refractivity contribution is 5.93. The molecule has 2 fully saturated rings. The molecule has 0 unspecified atom stereocenters. The van der Waals surface area contributed by atoms with E-state index in [0.29, 0.717) is 37.8 Å². The number of benzene rings is 3. The Hall–Kier alpha value is -4.93. The molecule has 4 aliphatic rings. The van der Waals surface area contributed by atoms with Crippen LogP contribution in [0.5, 0.6) is 0 Å². The summed E-state index contributed by atoms with van der Waals surface area (Å²) in [5.74, 6) is 6.31. The van der Waals surface area contributed by atoms with Crippen molar-refractivity contribution < 1.29 is 24.6 Å². The van der Waals surface area contributed by atoms with Crippen LogP contribution in [0.15, 0.2) is 102 Å². The van der Waals surface area contributed by atoms with Crippen LogP contribution in [-0.4, -0.2) is 52.0 Å². The average molecular weight is 697 g/mol. The molecular formula is C45H48N2O5. The Morgan fingerprint density at radius 3 is 2.27 bits per heavy atom. The summed E-state index contributed by atoms with van der Waals surface area (Å²) in [4.78, 5) is 41.5. The maximum atomic E-state index is 13.9. The van der Waals surface area contributed by atoms with Gasteiger partial charge in [-0.1, -0.05) is 73.0 Å². The first-order valence-electron chi connectivity index (χ1n) is 18.6. The van der Waals surface area contributed by atoms with Crippen LogP contribution in [0.1, 0.15) is 91.8 Å². The Labute approximate surface area is 307 Å². The number of carbonyl (C=O) groups excluding carboxylic acids is 2. The molecule has 52 heavy (non-hydrogen) atoms. The van der Waals surface area contributed by atoms with Crippen LogP contribution in [0, 0.1) is 29.1 Å². The van der Waals surface area contributed by atoms with E-state index in [4.69, 9.17) is 0 Å². The monoisotopic (exact) mass is 696 g/mol. The first-order chi connectivity index (χ1) is 25.0. The Morgan fingerprint density at radius 1 is 0.904 bits per heavy atom. The number of allylic oxidation sites excluding steroid dienone is 4. The van der Waals surface area contributed by atoms with Crippen LogP contribution < -0.4 is 4.90 Å². The third-order valence-corrected chi connectivity index (χ3v) is 12.5. The van der Waals surface area contributed by atoms with Gasteiger partial charge in [-0.15, -0.1) is 5.92 Å². The lowest BCUT2D eigenvalue weighted by molar-refractivity contribution is -0.131. The predicted octanol–water partition coefficient (Wildman–Crippen LogP) is 7.70. The molecule has 7 rings (SSSR count). The second-order valence-corrected chi connectivity index (χ2v) is 15.5. The quantitative estimate of drug-likeness (QED) is 0.223. The zero-order valence-electron chi connectivity index (χ0n) is 30.4. The third kappa shape index (κ3) is 6.61. The van der Waals surface area contributed by atoms with Crippen molar-refractivity contribution in [3.05, 3.63) is 124 Å². The molecule has 5 atom stereocenters. The van der Waals surface area contributed by atoms with E-state index >= 15 is 0 Å². The molecule has 1 amide bonds. The molecule has 7 heteroatoms. The van der Waals surface area contributed by atoms with E-state index in [1.165, 1.54) is 22.3 Å². The molecule has 2 N–H and O–H groups in total. The van der Waals surface area contributed by atoms with Crippen molar-refractivity contribution in [2.75, 3.05) is 18.5 Å². The lowest BCUT2D eigenvalue weighted by atomic mass is 9.51. The number of aliphatic hydroxyl groups is 1. The van der Waals surface area contributed by atoms with E-state index in [1.807, 2.05) is 60.2 Å². The van der Waals surface area contributed by atoms with Gasteiger partial charge in [0.05, 0.1) is 12.1 Å². The summed E-state index contributed by atoms with van der Waals surface area (Å²) >= 11 is 0. The maximum Gasteiger partial charge on any atom is 0.335 e. The molecule has 2 saturated carbocycles. The first-order valence-corrected chi connectivity index (χ1v) is 18.6. The zero-order chi connectivity index (χ0) is 36.6. The molecular weight excluding hydrogens is 649 g/mol. The average Bonchev–Trinajstić information content (AvgIpc) is 3.40. The van der Waals surface area contributed by atoms with Crippen LogP contribution >= 0.6 is 0 Å². The molecule has 0 aliphatic heterocycles. The topological polar surface area (TPSA) is 98.2 Å². The van der Waals surface area contributed by atoms with Crippen LogP contribution in [-0.2, 0) is 22.7 Å². The lowest BCUT2D eigenvalue weighted by Crippen LogP contribution is -2.51. The Kier molecular flexibility index (Phi) is 9.71. The second kappa shape index (κ2) is 14.2. The highest BCUT2D eigenvalue weighted by Gasteiger charge is 2.62. The Bertz CT molecular complexity index is 1990. The van der Waals surface area contributed by atoms with Gasteiger partial charge in [0.15, 0.2) is 5.78 Å². The summed E-state index contributed by atoms with van der Waals surface area (Å²) in [6, 6.07) is 25.1. The fourth-order valence-corrected chi connectivity index (χ4v) is 9.74. The van der Waals surface area contributed by atoms with E-state index in [-0.39, 0.29) is 35.1 Å². The molecule has 0 bridgehead atoms. The number of amides is 1. The maximum absolute atomic E-state index is 13.9.